The maximum atomic E-state index is 11.8. The van der Waals surface area contributed by atoms with Crippen LogP contribution in [-0.4, -0.2) is 49.5 Å². The van der Waals surface area contributed by atoms with E-state index in [4.69, 9.17) is 4.74 Å². The summed E-state index contributed by atoms with van der Waals surface area (Å²) in [5.41, 5.74) is 1.06. The predicted octanol–water partition coefficient (Wildman–Crippen LogP) is -0.305. The van der Waals surface area contributed by atoms with E-state index in [0.29, 0.717) is 26.2 Å². The zero-order valence-electron chi connectivity index (χ0n) is 10.8. The molecule has 3 N–H and O–H groups in total. The van der Waals surface area contributed by atoms with E-state index in [1.165, 1.54) is 0 Å². The summed E-state index contributed by atoms with van der Waals surface area (Å²) in [5.74, 6) is -0.119. The van der Waals surface area contributed by atoms with Gasteiger partial charge in [-0.05, 0) is 5.56 Å². The third-order valence-electron chi connectivity index (χ3n) is 3.06. The lowest BCUT2D eigenvalue weighted by atomic mass is 10.1. The summed E-state index contributed by atoms with van der Waals surface area (Å²) in [6, 6.07) is 9.42. The Hall–Kier alpha value is -1.43. The molecule has 19 heavy (non-hydrogen) atoms. The molecule has 1 aliphatic rings. The third-order valence-corrected chi connectivity index (χ3v) is 3.06. The highest BCUT2D eigenvalue weighted by atomic mass is 16.5. The molecule has 2 rings (SSSR count). The monoisotopic (exact) mass is 264 g/mol. The Morgan fingerprint density at radius 3 is 2.95 bits per heavy atom. The van der Waals surface area contributed by atoms with Gasteiger partial charge in [0, 0.05) is 19.5 Å². The van der Waals surface area contributed by atoms with Crippen molar-refractivity contribution < 1.29 is 14.6 Å². The van der Waals surface area contributed by atoms with Crippen LogP contribution in [0.1, 0.15) is 5.56 Å². The summed E-state index contributed by atoms with van der Waals surface area (Å²) in [6.45, 7) is 1.97. The van der Waals surface area contributed by atoms with Crippen LogP contribution in [0.3, 0.4) is 0 Å². The average molecular weight is 264 g/mol. The quantitative estimate of drug-likeness (QED) is 0.682. The molecule has 5 heteroatoms. The normalized spacial score (nSPS) is 20.8. The van der Waals surface area contributed by atoms with Crippen molar-refractivity contribution in [1.82, 2.24) is 10.6 Å². The number of hydrogen-bond donors (Lipinski definition) is 3. The second kappa shape index (κ2) is 7.23. The molecule has 1 aromatic rings. The smallest absolute Gasteiger partial charge is 0.239 e. The summed E-state index contributed by atoms with van der Waals surface area (Å²) in [5, 5.41) is 15.7. The van der Waals surface area contributed by atoms with Gasteiger partial charge in [0.15, 0.2) is 0 Å². The number of benzene rings is 1. The molecule has 1 amide bonds. The van der Waals surface area contributed by atoms with E-state index in [1.54, 1.807) is 0 Å². The SMILES string of the molecule is O=C(NCC(O)Cc1ccccc1)C1COCCN1. The van der Waals surface area contributed by atoms with Gasteiger partial charge >= 0.3 is 0 Å². The number of aliphatic hydroxyl groups excluding tert-OH is 1. The van der Waals surface area contributed by atoms with E-state index in [-0.39, 0.29) is 18.5 Å². The number of carbonyl (C=O) groups is 1. The first kappa shape index (κ1) is 14.0. The van der Waals surface area contributed by atoms with Crippen LogP contribution in [0.5, 0.6) is 0 Å². The molecule has 2 atom stereocenters. The first-order chi connectivity index (χ1) is 9.25. The molecular weight excluding hydrogens is 244 g/mol. The fourth-order valence-corrected chi connectivity index (χ4v) is 2.03. The number of amides is 1. The Labute approximate surface area is 113 Å². The van der Waals surface area contributed by atoms with Gasteiger partial charge in [-0.3, -0.25) is 4.79 Å². The highest BCUT2D eigenvalue weighted by Gasteiger charge is 2.21. The second-order valence-electron chi connectivity index (χ2n) is 4.67. The Kier molecular flexibility index (Phi) is 5.32. The van der Waals surface area contributed by atoms with Gasteiger partial charge in [0.25, 0.3) is 0 Å². The lowest BCUT2D eigenvalue weighted by Crippen LogP contribution is -2.52. The molecule has 0 saturated carbocycles. The van der Waals surface area contributed by atoms with Crippen LogP contribution in [0.2, 0.25) is 0 Å². The lowest BCUT2D eigenvalue weighted by molar-refractivity contribution is -0.126. The maximum absolute atomic E-state index is 11.8. The topological polar surface area (TPSA) is 70.6 Å². The molecule has 0 bridgehead atoms. The largest absolute Gasteiger partial charge is 0.391 e. The number of ether oxygens (including phenoxy) is 1. The molecule has 1 saturated heterocycles. The minimum Gasteiger partial charge on any atom is -0.391 e. The predicted molar refractivity (Wildman–Crippen MR) is 71.8 cm³/mol. The first-order valence-electron chi connectivity index (χ1n) is 6.56. The molecule has 0 spiro atoms. The highest BCUT2D eigenvalue weighted by Crippen LogP contribution is 2.02. The fraction of sp³-hybridized carbons (Fsp3) is 0.500. The summed E-state index contributed by atoms with van der Waals surface area (Å²) < 4.78 is 5.22. The summed E-state index contributed by atoms with van der Waals surface area (Å²) in [6.07, 6.45) is -0.0359. The number of carbonyl (C=O) groups excluding carboxylic acids is 1. The standard InChI is InChI=1S/C14H20N2O3/c17-12(8-11-4-2-1-3-5-11)9-16-14(18)13-10-19-7-6-15-13/h1-5,12-13,15,17H,6-10H2,(H,16,18). The summed E-state index contributed by atoms with van der Waals surface area (Å²) in [4.78, 5) is 11.8. The van der Waals surface area contributed by atoms with E-state index < -0.39 is 6.10 Å². The van der Waals surface area contributed by atoms with Gasteiger partial charge < -0.3 is 20.5 Å². The van der Waals surface area contributed by atoms with E-state index in [9.17, 15) is 9.90 Å². The van der Waals surface area contributed by atoms with Gasteiger partial charge in [-0.1, -0.05) is 30.3 Å². The molecule has 1 aliphatic heterocycles. The van der Waals surface area contributed by atoms with Crippen LogP contribution in [0.15, 0.2) is 30.3 Å². The van der Waals surface area contributed by atoms with Crippen molar-refractivity contribution in [2.45, 2.75) is 18.6 Å². The summed E-state index contributed by atoms with van der Waals surface area (Å²) in [7, 11) is 0. The third kappa shape index (κ3) is 4.63. The number of hydrogen-bond acceptors (Lipinski definition) is 4. The molecule has 1 fully saturated rings. The minimum absolute atomic E-state index is 0.119. The number of morpholine rings is 1. The van der Waals surface area contributed by atoms with Crippen molar-refractivity contribution in [2.24, 2.45) is 0 Å². The second-order valence-corrected chi connectivity index (χ2v) is 4.67. The van der Waals surface area contributed by atoms with Crippen molar-refractivity contribution in [3.63, 3.8) is 0 Å². The van der Waals surface area contributed by atoms with E-state index in [1.807, 2.05) is 30.3 Å². The van der Waals surface area contributed by atoms with Crippen molar-refractivity contribution >= 4 is 5.91 Å². The van der Waals surface area contributed by atoms with Crippen LogP contribution in [0.4, 0.5) is 0 Å². The first-order valence-corrected chi connectivity index (χ1v) is 6.56. The van der Waals surface area contributed by atoms with Gasteiger partial charge in [-0.2, -0.15) is 0 Å². The van der Waals surface area contributed by atoms with Crippen LogP contribution >= 0.6 is 0 Å². The minimum atomic E-state index is -0.573. The zero-order chi connectivity index (χ0) is 13.5. The number of rotatable bonds is 5. The zero-order valence-corrected chi connectivity index (χ0v) is 10.8. The molecule has 104 valence electrons. The highest BCUT2D eigenvalue weighted by molar-refractivity contribution is 5.82. The van der Waals surface area contributed by atoms with Crippen LogP contribution < -0.4 is 10.6 Å². The Bertz CT molecular complexity index is 391. The van der Waals surface area contributed by atoms with Gasteiger partial charge in [0.2, 0.25) is 5.91 Å². The number of aliphatic hydroxyl groups is 1. The van der Waals surface area contributed by atoms with Gasteiger partial charge in [0.1, 0.15) is 6.04 Å². The molecule has 0 aromatic heterocycles. The molecule has 1 aromatic carbocycles. The van der Waals surface area contributed by atoms with Gasteiger partial charge in [-0.25, -0.2) is 0 Å². The summed E-state index contributed by atoms with van der Waals surface area (Å²) >= 11 is 0. The maximum Gasteiger partial charge on any atom is 0.239 e. The van der Waals surface area contributed by atoms with Crippen LogP contribution in [0, 0.1) is 0 Å². The van der Waals surface area contributed by atoms with Crippen molar-refractivity contribution in [3.05, 3.63) is 35.9 Å². The van der Waals surface area contributed by atoms with E-state index in [2.05, 4.69) is 10.6 Å². The van der Waals surface area contributed by atoms with E-state index in [0.717, 1.165) is 5.56 Å². The molecule has 0 aliphatic carbocycles. The fourth-order valence-electron chi connectivity index (χ4n) is 2.03. The molecule has 0 radical (unpaired) electrons. The average Bonchev–Trinajstić information content (AvgIpc) is 2.47. The van der Waals surface area contributed by atoms with Crippen molar-refractivity contribution in [2.75, 3.05) is 26.3 Å². The van der Waals surface area contributed by atoms with E-state index >= 15 is 0 Å². The van der Waals surface area contributed by atoms with Crippen molar-refractivity contribution in [1.29, 1.82) is 0 Å². The van der Waals surface area contributed by atoms with Crippen LogP contribution in [-0.2, 0) is 16.0 Å². The Morgan fingerprint density at radius 2 is 2.26 bits per heavy atom. The van der Waals surface area contributed by atoms with Gasteiger partial charge in [0.05, 0.1) is 19.3 Å². The molecule has 1 heterocycles. The van der Waals surface area contributed by atoms with Crippen molar-refractivity contribution in [3.8, 4) is 0 Å². The number of nitrogens with one attached hydrogen (secondary N) is 2. The van der Waals surface area contributed by atoms with Gasteiger partial charge in [-0.15, -0.1) is 0 Å². The lowest BCUT2D eigenvalue weighted by Gasteiger charge is -2.23. The Balaban J connectivity index is 1.71. The van der Waals surface area contributed by atoms with Crippen LogP contribution in [0.25, 0.3) is 0 Å². The molecule has 5 nitrogen and oxygen atoms in total. The Morgan fingerprint density at radius 1 is 1.47 bits per heavy atom. The molecule has 2 unspecified atom stereocenters. The molecular formula is C14H20N2O3.